The van der Waals surface area contributed by atoms with Crippen LogP contribution in [-0.4, -0.2) is 47.4 Å². The molecule has 0 bridgehead atoms. The van der Waals surface area contributed by atoms with Gasteiger partial charge in [-0.3, -0.25) is 9.59 Å². The molecule has 2 rings (SSSR count). The Morgan fingerprint density at radius 3 is 2.57 bits per heavy atom. The summed E-state index contributed by atoms with van der Waals surface area (Å²) in [6.45, 7) is 3.72. The summed E-state index contributed by atoms with van der Waals surface area (Å²) in [6, 6.07) is 9.44. The van der Waals surface area contributed by atoms with E-state index in [0.29, 0.717) is 12.2 Å². The number of thioether (sulfide) groups is 1. The van der Waals surface area contributed by atoms with Gasteiger partial charge in [0.1, 0.15) is 6.04 Å². The second kappa shape index (κ2) is 9.60. The Morgan fingerprint density at radius 1 is 1.22 bits per heavy atom. The number of nitrogens with one attached hydrogen (secondary N) is 1. The number of carbonyl (C=O) groups excluding carboxylic acids is 2. The molecule has 1 N–H and O–H groups in total. The van der Waals surface area contributed by atoms with E-state index in [2.05, 4.69) is 12.2 Å². The van der Waals surface area contributed by atoms with E-state index in [1.165, 1.54) is 0 Å². The van der Waals surface area contributed by atoms with Crippen LogP contribution in [0.15, 0.2) is 30.3 Å². The van der Waals surface area contributed by atoms with Crippen LogP contribution in [0.25, 0.3) is 0 Å². The number of benzene rings is 1. The van der Waals surface area contributed by atoms with Crippen LogP contribution in [0.4, 0.5) is 0 Å². The van der Waals surface area contributed by atoms with Gasteiger partial charge in [0.25, 0.3) is 0 Å². The predicted molar refractivity (Wildman–Crippen MR) is 95.5 cm³/mol. The lowest BCUT2D eigenvalue weighted by molar-refractivity contribution is -0.135. The minimum atomic E-state index is -0.453. The fraction of sp³-hybridized carbons (Fsp3) is 0.556. The fourth-order valence-corrected chi connectivity index (χ4v) is 3.45. The van der Waals surface area contributed by atoms with E-state index in [0.717, 1.165) is 43.7 Å². The third-order valence-electron chi connectivity index (χ3n) is 3.92. The number of likely N-dealkylation sites (tertiary alicyclic amines) is 1. The van der Waals surface area contributed by atoms with Crippen LogP contribution in [0.3, 0.4) is 0 Å². The number of nitrogens with zero attached hydrogens (tertiary/aromatic N) is 1. The molecule has 1 aliphatic rings. The average Bonchev–Trinajstić information content (AvgIpc) is 3.09. The van der Waals surface area contributed by atoms with Crippen LogP contribution in [0.5, 0.6) is 0 Å². The lowest BCUT2D eigenvalue weighted by Gasteiger charge is -2.24. The van der Waals surface area contributed by atoms with Gasteiger partial charge in [-0.2, -0.15) is 11.8 Å². The zero-order chi connectivity index (χ0) is 16.5. The minimum Gasteiger partial charge on any atom is -0.343 e. The van der Waals surface area contributed by atoms with Crippen LogP contribution in [-0.2, 0) is 16.0 Å². The van der Waals surface area contributed by atoms with Crippen molar-refractivity contribution in [3.8, 4) is 0 Å². The van der Waals surface area contributed by atoms with Crippen molar-refractivity contribution in [2.24, 2.45) is 0 Å². The van der Waals surface area contributed by atoms with E-state index < -0.39 is 6.04 Å². The highest BCUT2D eigenvalue weighted by atomic mass is 32.2. The van der Waals surface area contributed by atoms with Crippen molar-refractivity contribution in [1.29, 1.82) is 0 Å². The molecule has 0 radical (unpaired) electrons. The molecule has 0 aromatic heterocycles. The first-order valence-electron chi connectivity index (χ1n) is 8.40. The summed E-state index contributed by atoms with van der Waals surface area (Å²) in [5.41, 5.74) is 1.08. The maximum atomic E-state index is 12.7. The molecule has 1 atom stereocenters. The molecule has 0 aliphatic carbocycles. The summed E-state index contributed by atoms with van der Waals surface area (Å²) in [5, 5.41) is 2.95. The number of carbonyl (C=O) groups is 2. The van der Waals surface area contributed by atoms with Gasteiger partial charge in [-0.1, -0.05) is 37.3 Å². The van der Waals surface area contributed by atoms with Gasteiger partial charge < -0.3 is 10.2 Å². The third kappa shape index (κ3) is 5.90. The highest BCUT2D eigenvalue weighted by molar-refractivity contribution is 7.99. The van der Waals surface area contributed by atoms with Crippen LogP contribution in [0.1, 0.15) is 31.7 Å². The summed E-state index contributed by atoms with van der Waals surface area (Å²) in [4.78, 5) is 26.7. The second-order valence-electron chi connectivity index (χ2n) is 5.89. The molecule has 0 saturated carbocycles. The predicted octanol–water partition coefficient (Wildman–Crippen LogP) is 2.48. The Hall–Kier alpha value is -1.49. The van der Waals surface area contributed by atoms with Gasteiger partial charge in [0, 0.05) is 19.5 Å². The van der Waals surface area contributed by atoms with E-state index in [1.807, 2.05) is 35.2 Å². The largest absolute Gasteiger partial charge is 0.343 e. The molecule has 1 aliphatic heterocycles. The quantitative estimate of drug-likeness (QED) is 0.743. The maximum absolute atomic E-state index is 12.7. The van der Waals surface area contributed by atoms with Crippen molar-refractivity contribution in [2.45, 2.75) is 38.6 Å². The average molecular weight is 334 g/mol. The van der Waals surface area contributed by atoms with Gasteiger partial charge in [-0.25, -0.2) is 0 Å². The summed E-state index contributed by atoms with van der Waals surface area (Å²) >= 11 is 1.62. The van der Waals surface area contributed by atoms with Crippen LogP contribution in [0, 0.1) is 0 Å². The first kappa shape index (κ1) is 17.9. The van der Waals surface area contributed by atoms with Gasteiger partial charge in [0.05, 0.1) is 5.75 Å². The summed E-state index contributed by atoms with van der Waals surface area (Å²) in [6.07, 6.45) is 3.73. The lowest BCUT2D eigenvalue weighted by Crippen LogP contribution is -2.49. The summed E-state index contributed by atoms with van der Waals surface area (Å²) < 4.78 is 0. The molecule has 4 nitrogen and oxygen atoms in total. The number of rotatable bonds is 8. The van der Waals surface area contributed by atoms with Crippen LogP contribution in [0.2, 0.25) is 0 Å². The molecule has 5 heteroatoms. The van der Waals surface area contributed by atoms with Gasteiger partial charge in [0.2, 0.25) is 11.8 Å². The van der Waals surface area contributed by atoms with Gasteiger partial charge in [0.15, 0.2) is 0 Å². The molecule has 1 aromatic rings. The molecule has 126 valence electrons. The minimum absolute atomic E-state index is 0.0445. The number of amides is 2. The molecular weight excluding hydrogens is 308 g/mol. The topological polar surface area (TPSA) is 49.4 Å². The molecule has 1 fully saturated rings. The summed E-state index contributed by atoms with van der Waals surface area (Å²) in [5.74, 6) is 1.40. The van der Waals surface area contributed by atoms with Gasteiger partial charge in [-0.05, 0) is 30.6 Å². The van der Waals surface area contributed by atoms with Gasteiger partial charge >= 0.3 is 0 Å². The molecule has 0 unspecified atom stereocenters. The zero-order valence-electron chi connectivity index (χ0n) is 13.8. The molecule has 0 spiro atoms. The maximum Gasteiger partial charge on any atom is 0.245 e. The Morgan fingerprint density at radius 2 is 1.91 bits per heavy atom. The van der Waals surface area contributed by atoms with E-state index >= 15 is 0 Å². The first-order valence-corrected chi connectivity index (χ1v) is 9.56. The highest BCUT2D eigenvalue weighted by Gasteiger charge is 2.27. The SMILES string of the molecule is CCCSCC(=O)N[C@@H](Cc1ccccc1)C(=O)N1CCCC1. The Kier molecular flexibility index (Phi) is 7.46. The summed E-state index contributed by atoms with van der Waals surface area (Å²) in [7, 11) is 0. The second-order valence-corrected chi connectivity index (χ2v) is 7.00. The van der Waals surface area contributed by atoms with Crippen molar-refractivity contribution in [2.75, 3.05) is 24.6 Å². The molecule has 23 heavy (non-hydrogen) atoms. The Balaban J connectivity index is 1.98. The highest BCUT2D eigenvalue weighted by Crippen LogP contribution is 2.12. The van der Waals surface area contributed by atoms with E-state index in [9.17, 15) is 9.59 Å². The van der Waals surface area contributed by atoms with Crippen LogP contribution >= 0.6 is 11.8 Å². The molecule has 1 saturated heterocycles. The Labute approximate surface area is 143 Å². The molecule has 1 aromatic carbocycles. The van der Waals surface area contributed by atoms with Crippen LogP contribution < -0.4 is 5.32 Å². The third-order valence-corrected chi connectivity index (χ3v) is 5.08. The standard InChI is InChI=1S/C18H26N2O2S/c1-2-12-23-14-17(21)19-16(13-15-8-4-3-5-9-15)18(22)20-10-6-7-11-20/h3-5,8-9,16H,2,6-7,10-14H2,1H3,(H,19,21)/t16-/m0/s1. The molecular formula is C18H26N2O2S. The normalized spacial score (nSPS) is 15.4. The van der Waals surface area contributed by atoms with Crippen molar-refractivity contribution in [3.63, 3.8) is 0 Å². The van der Waals surface area contributed by atoms with E-state index in [4.69, 9.17) is 0 Å². The van der Waals surface area contributed by atoms with Crippen molar-refractivity contribution in [1.82, 2.24) is 10.2 Å². The number of hydrogen-bond donors (Lipinski definition) is 1. The van der Waals surface area contributed by atoms with Crippen molar-refractivity contribution >= 4 is 23.6 Å². The monoisotopic (exact) mass is 334 g/mol. The fourth-order valence-electron chi connectivity index (χ4n) is 2.75. The molecule has 1 heterocycles. The van der Waals surface area contributed by atoms with E-state index in [1.54, 1.807) is 11.8 Å². The molecule has 2 amide bonds. The lowest BCUT2D eigenvalue weighted by atomic mass is 10.0. The Bertz CT molecular complexity index is 501. The van der Waals surface area contributed by atoms with Gasteiger partial charge in [-0.15, -0.1) is 0 Å². The first-order chi connectivity index (χ1) is 11.2. The van der Waals surface area contributed by atoms with E-state index in [-0.39, 0.29) is 11.8 Å². The zero-order valence-corrected chi connectivity index (χ0v) is 14.6. The van der Waals surface area contributed by atoms with Crippen molar-refractivity contribution in [3.05, 3.63) is 35.9 Å². The van der Waals surface area contributed by atoms with Crippen molar-refractivity contribution < 1.29 is 9.59 Å². The smallest absolute Gasteiger partial charge is 0.245 e. The number of hydrogen-bond acceptors (Lipinski definition) is 3.